The summed E-state index contributed by atoms with van der Waals surface area (Å²) in [4.78, 5) is 18.8. The molecule has 1 saturated carbocycles. The maximum Gasteiger partial charge on any atom is 0.307 e. The van der Waals surface area contributed by atoms with Crippen molar-refractivity contribution in [2.75, 3.05) is 5.73 Å². The van der Waals surface area contributed by atoms with E-state index < -0.39 is 5.97 Å². The third-order valence-corrected chi connectivity index (χ3v) is 3.89. The zero-order valence-corrected chi connectivity index (χ0v) is 8.78. The summed E-state index contributed by atoms with van der Waals surface area (Å²) in [6, 6.07) is 0. The third-order valence-electron chi connectivity index (χ3n) is 2.48. The molecule has 2 atom stereocenters. The molecule has 80 valence electrons. The molecule has 1 aliphatic carbocycles. The van der Waals surface area contributed by atoms with Gasteiger partial charge in [-0.2, -0.15) is 0 Å². The van der Waals surface area contributed by atoms with E-state index in [1.807, 2.05) is 0 Å². The Morgan fingerprint density at radius 2 is 2.20 bits per heavy atom. The summed E-state index contributed by atoms with van der Waals surface area (Å²) in [6.07, 6.45) is 4.73. The Hall–Kier alpha value is -1.30. The maximum absolute atomic E-state index is 10.8. The summed E-state index contributed by atoms with van der Waals surface area (Å²) in [6.45, 7) is 0. The molecule has 0 saturated heterocycles. The first-order valence-corrected chi connectivity index (χ1v) is 5.52. The number of hydrogen-bond donors (Lipinski definition) is 2. The molecule has 6 heteroatoms. The second kappa shape index (κ2) is 4.06. The van der Waals surface area contributed by atoms with E-state index in [1.165, 1.54) is 18.0 Å². The van der Waals surface area contributed by atoms with Gasteiger partial charge in [-0.3, -0.25) is 4.79 Å². The summed E-state index contributed by atoms with van der Waals surface area (Å²) >= 11 is 1.41. The minimum absolute atomic E-state index is 0.0847. The molecular weight excluding hydrogens is 214 g/mol. The van der Waals surface area contributed by atoms with Gasteiger partial charge in [0.25, 0.3) is 0 Å². The lowest BCUT2D eigenvalue weighted by Crippen LogP contribution is -2.35. The highest BCUT2D eigenvalue weighted by Gasteiger charge is 2.37. The molecule has 0 aliphatic heterocycles. The van der Waals surface area contributed by atoms with Crippen molar-refractivity contribution in [3.05, 3.63) is 12.4 Å². The number of carbonyl (C=O) groups is 1. The molecule has 0 bridgehead atoms. The van der Waals surface area contributed by atoms with Crippen molar-refractivity contribution < 1.29 is 9.90 Å². The number of rotatable bonds is 3. The number of nitrogen functional groups attached to an aromatic ring is 1. The molecular formula is C9H11N3O2S. The normalized spacial score (nSPS) is 24.5. The molecule has 2 unspecified atom stereocenters. The van der Waals surface area contributed by atoms with E-state index in [9.17, 15) is 4.79 Å². The van der Waals surface area contributed by atoms with Crippen LogP contribution < -0.4 is 5.73 Å². The summed E-state index contributed by atoms with van der Waals surface area (Å²) in [5, 5.41) is 9.59. The molecule has 0 amide bonds. The molecule has 1 aromatic heterocycles. The van der Waals surface area contributed by atoms with Crippen molar-refractivity contribution in [2.24, 2.45) is 5.92 Å². The number of thioether (sulfide) groups is 1. The molecule has 0 radical (unpaired) electrons. The van der Waals surface area contributed by atoms with Crippen LogP contribution in [0.4, 0.5) is 5.82 Å². The predicted molar refractivity (Wildman–Crippen MR) is 56.4 cm³/mol. The van der Waals surface area contributed by atoms with Crippen LogP contribution in [0.2, 0.25) is 0 Å². The van der Waals surface area contributed by atoms with Gasteiger partial charge < -0.3 is 10.8 Å². The van der Waals surface area contributed by atoms with Gasteiger partial charge in [0.2, 0.25) is 0 Å². The van der Waals surface area contributed by atoms with Gasteiger partial charge in [-0.05, 0) is 12.8 Å². The van der Waals surface area contributed by atoms with Crippen molar-refractivity contribution in [2.45, 2.75) is 23.1 Å². The summed E-state index contributed by atoms with van der Waals surface area (Å²) in [7, 11) is 0. The maximum atomic E-state index is 10.8. The Morgan fingerprint density at radius 3 is 2.73 bits per heavy atom. The smallest absolute Gasteiger partial charge is 0.307 e. The van der Waals surface area contributed by atoms with Crippen LogP contribution in [-0.4, -0.2) is 26.3 Å². The molecule has 15 heavy (non-hydrogen) atoms. The minimum atomic E-state index is -0.735. The van der Waals surface area contributed by atoms with Crippen LogP contribution in [0.25, 0.3) is 0 Å². The first-order valence-electron chi connectivity index (χ1n) is 4.64. The van der Waals surface area contributed by atoms with Gasteiger partial charge in [-0.1, -0.05) is 11.8 Å². The zero-order chi connectivity index (χ0) is 10.8. The van der Waals surface area contributed by atoms with Gasteiger partial charge in [-0.15, -0.1) is 0 Å². The molecule has 3 N–H and O–H groups in total. The first kappa shape index (κ1) is 10.2. The van der Waals surface area contributed by atoms with E-state index in [-0.39, 0.29) is 11.2 Å². The molecule has 1 heterocycles. The number of nitrogens with zero attached hydrogens (tertiary/aromatic N) is 2. The Labute approximate surface area is 91.1 Å². The van der Waals surface area contributed by atoms with E-state index in [0.29, 0.717) is 10.8 Å². The predicted octanol–water partition coefficient (Wildman–Crippen LogP) is 1.01. The highest BCUT2D eigenvalue weighted by Crippen LogP contribution is 2.41. The Balaban J connectivity index is 2.04. The molecule has 5 nitrogen and oxygen atoms in total. The average Bonchev–Trinajstić information content (AvgIpc) is 2.13. The Kier molecular flexibility index (Phi) is 2.77. The summed E-state index contributed by atoms with van der Waals surface area (Å²) in [5.74, 6) is -0.629. The van der Waals surface area contributed by atoms with Crippen LogP contribution in [0.1, 0.15) is 12.8 Å². The Bertz CT molecular complexity index is 385. The first-order chi connectivity index (χ1) is 7.18. The summed E-state index contributed by atoms with van der Waals surface area (Å²) < 4.78 is 0. The zero-order valence-electron chi connectivity index (χ0n) is 7.96. The van der Waals surface area contributed by atoms with Crippen molar-refractivity contribution in [3.8, 4) is 0 Å². The number of aliphatic carboxylic acids is 1. The van der Waals surface area contributed by atoms with Gasteiger partial charge in [0.15, 0.2) is 5.82 Å². The van der Waals surface area contributed by atoms with Gasteiger partial charge in [0, 0.05) is 17.6 Å². The van der Waals surface area contributed by atoms with Crippen LogP contribution in [-0.2, 0) is 4.79 Å². The van der Waals surface area contributed by atoms with Crippen molar-refractivity contribution in [3.63, 3.8) is 0 Å². The monoisotopic (exact) mass is 225 g/mol. The molecule has 0 aromatic carbocycles. The van der Waals surface area contributed by atoms with Gasteiger partial charge >= 0.3 is 5.97 Å². The molecule has 0 spiro atoms. The van der Waals surface area contributed by atoms with E-state index in [2.05, 4.69) is 9.97 Å². The number of anilines is 1. The van der Waals surface area contributed by atoms with E-state index in [1.54, 1.807) is 6.20 Å². The van der Waals surface area contributed by atoms with E-state index in [0.717, 1.165) is 12.8 Å². The lowest BCUT2D eigenvalue weighted by molar-refractivity contribution is -0.144. The van der Waals surface area contributed by atoms with E-state index >= 15 is 0 Å². The lowest BCUT2D eigenvalue weighted by Gasteiger charge is -2.32. The molecule has 1 aromatic rings. The second-order valence-corrected chi connectivity index (χ2v) is 4.65. The minimum Gasteiger partial charge on any atom is -0.481 e. The fourth-order valence-corrected chi connectivity index (χ4v) is 2.72. The fourth-order valence-electron chi connectivity index (χ4n) is 1.46. The third kappa shape index (κ3) is 2.04. The van der Waals surface area contributed by atoms with Crippen LogP contribution in [0, 0.1) is 5.92 Å². The highest BCUT2D eigenvalue weighted by molar-refractivity contribution is 8.00. The molecule has 1 fully saturated rings. The molecule has 2 rings (SSSR count). The van der Waals surface area contributed by atoms with Crippen molar-refractivity contribution in [1.82, 2.24) is 9.97 Å². The van der Waals surface area contributed by atoms with Gasteiger partial charge in [0.1, 0.15) is 5.03 Å². The quantitative estimate of drug-likeness (QED) is 0.798. The number of nitrogens with two attached hydrogens (primary N) is 1. The highest BCUT2D eigenvalue weighted by atomic mass is 32.2. The summed E-state index contributed by atoms with van der Waals surface area (Å²) in [5.41, 5.74) is 5.63. The number of aromatic nitrogens is 2. The Morgan fingerprint density at radius 1 is 1.47 bits per heavy atom. The lowest BCUT2D eigenvalue weighted by atomic mass is 9.85. The number of hydrogen-bond acceptors (Lipinski definition) is 5. The van der Waals surface area contributed by atoms with Crippen LogP contribution in [0.3, 0.4) is 0 Å². The van der Waals surface area contributed by atoms with Crippen LogP contribution in [0.15, 0.2) is 17.4 Å². The van der Waals surface area contributed by atoms with Gasteiger partial charge in [-0.25, -0.2) is 9.97 Å². The van der Waals surface area contributed by atoms with Crippen molar-refractivity contribution >= 4 is 23.5 Å². The number of carboxylic acid groups (broad SMARTS) is 1. The van der Waals surface area contributed by atoms with Crippen LogP contribution >= 0.6 is 11.8 Å². The van der Waals surface area contributed by atoms with Crippen molar-refractivity contribution in [1.29, 1.82) is 0 Å². The molecule has 1 aliphatic rings. The standard InChI is InChI=1S/C9H11N3O2S/c10-7-8(12-4-3-11-7)15-6-2-1-5(6)9(13)14/h3-6H,1-2H2,(H2,10,11)(H,13,14). The average molecular weight is 225 g/mol. The number of carboxylic acids is 1. The fraction of sp³-hybridized carbons (Fsp3) is 0.444. The topological polar surface area (TPSA) is 89.1 Å². The SMILES string of the molecule is Nc1nccnc1SC1CCC1C(=O)O. The van der Waals surface area contributed by atoms with E-state index in [4.69, 9.17) is 10.8 Å². The second-order valence-electron chi connectivity index (χ2n) is 3.43. The van der Waals surface area contributed by atoms with Crippen LogP contribution in [0.5, 0.6) is 0 Å². The largest absolute Gasteiger partial charge is 0.481 e. The van der Waals surface area contributed by atoms with Gasteiger partial charge in [0.05, 0.1) is 5.92 Å².